The minimum absolute atomic E-state index is 0.0557. The molecule has 0 fully saturated rings. The van der Waals surface area contributed by atoms with Crippen LogP contribution in [0.4, 0.5) is 5.69 Å². The highest BCUT2D eigenvalue weighted by atomic mass is 16.5. The number of amides is 1. The van der Waals surface area contributed by atoms with Gasteiger partial charge >= 0.3 is 0 Å². The molecule has 0 radical (unpaired) electrons. The Bertz CT molecular complexity index is 515. The smallest absolute Gasteiger partial charge is 0.226 e. The molecule has 4 heteroatoms. The number of nitrogens with one attached hydrogen (secondary N) is 1. The number of aryl methyl sites for hydroxylation is 1. The van der Waals surface area contributed by atoms with E-state index in [4.69, 9.17) is 9.84 Å². The second kappa shape index (κ2) is 9.98. The summed E-state index contributed by atoms with van der Waals surface area (Å²) in [6.07, 6.45) is 1.75. The van der Waals surface area contributed by atoms with Crippen LogP contribution in [0.5, 0.6) is 0 Å². The van der Waals surface area contributed by atoms with Gasteiger partial charge in [-0.05, 0) is 37.1 Å². The van der Waals surface area contributed by atoms with Crippen LogP contribution < -0.4 is 5.32 Å². The van der Waals surface area contributed by atoms with Crippen molar-refractivity contribution in [2.75, 3.05) is 25.1 Å². The summed E-state index contributed by atoms with van der Waals surface area (Å²) in [6.45, 7) is 5.17. The van der Waals surface area contributed by atoms with Crippen molar-refractivity contribution < 1.29 is 14.6 Å². The van der Waals surface area contributed by atoms with Gasteiger partial charge in [-0.25, -0.2) is 0 Å². The fourth-order valence-electron chi connectivity index (χ4n) is 1.78. The quantitative estimate of drug-likeness (QED) is 0.599. The van der Waals surface area contributed by atoms with E-state index in [1.165, 1.54) is 0 Å². The highest BCUT2D eigenvalue weighted by Gasteiger charge is 2.03. The molecule has 21 heavy (non-hydrogen) atoms. The van der Waals surface area contributed by atoms with Gasteiger partial charge in [0.15, 0.2) is 0 Å². The summed E-state index contributed by atoms with van der Waals surface area (Å²) in [4.78, 5) is 11.8. The lowest BCUT2D eigenvalue weighted by Crippen LogP contribution is -2.14. The fraction of sp³-hybridized carbons (Fsp3) is 0.471. The molecule has 0 aliphatic rings. The maximum absolute atomic E-state index is 11.8. The van der Waals surface area contributed by atoms with E-state index in [0.717, 1.165) is 23.2 Å². The Balaban J connectivity index is 2.58. The van der Waals surface area contributed by atoms with Gasteiger partial charge in [-0.15, -0.1) is 0 Å². The van der Waals surface area contributed by atoms with E-state index in [1.807, 2.05) is 32.0 Å². The molecule has 1 rings (SSSR count). The van der Waals surface area contributed by atoms with Crippen molar-refractivity contribution >= 4 is 11.6 Å². The molecule has 0 bridgehead atoms. The summed E-state index contributed by atoms with van der Waals surface area (Å²) < 4.78 is 5.30. The second-order valence-electron chi connectivity index (χ2n) is 4.77. The molecule has 1 amide bonds. The van der Waals surface area contributed by atoms with E-state index in [1.54, 1.807) is 0 Å². The molecule has 0 heterocycles. The van der Waals surface area contributed by atoms with E-state index in [0.29, 0.717) is 26.1 Å². The van der Waals surface area contributed by atoms with Crippen LogP contribution in [-0.2, 0) is 9.53 Å². The zero-order chi connectivity index (χ0) is 15.5. The largest absolute Gasteiger partial charge is 0.395 e. The highest BCUT2D eigenvalue weighted by Crippen LogP contribution is 2.14. The molecule has 0 aliphatic heterocycles. The van der Waals surface area contributed by atoms with Gasteiger partial charge in [-0.3, -0.25) is 4.79 Å². The van der Waals surface area contributed by atoms with Crippen LogP contribution in [0.2, 0.25) is 0 Å². The number of aliphatic hydroxyl groups is 1. The number of rotatable bonds is 7. The van der Waals surface area contributed by atoms with Crippen LogP contribution >= 0.6 is 0 Å². The summed E-state index contributed by atoms with van der Waals surface area (Å²) in [5, 5.41) is 11.6. The molecule has 4 nitrogen and oxygen atoms in total. The minimum atomic E-state index is -0.0639. The van der Waals surface area contributed by atoms with Crippen molar-refractivity contribution in [3.05, 3.63) is 29.3 Å². The third kappa shape index (κ3) is 7.50. The molecule has 0 aliphatic carbocycles. The lowest BCUT2D eigenvalue weighted by atomic mass is 10.1. The van der Waals surface area contributed by atoms with Gasteiger partial charge in [0.05, 0.1) is 19.6 Å². The summed E-state index contributed by atoms with van der Waals surface area (Å²) in [5.41, 5.74) is 2.60. The normalized spacial score (nSPS) is 9.86. The fourth-order valence-corrected chi connectivity index (χ4v) is 1.78. The lowest BCUT2D eigenvalue weighted by Gasteiger charge is -2.07. The molecule has 2 N–H and O–H groups in total. The van der Waals surface area contributed by atoms with Crippen molar-refractivity contribution in [2.45, 2.75) is 33.1 Å². The lowest BCUT2D eigenvalue weighted by molar-refractivity contribution is -0.117. The van der Waals surface area contributed by atoms with Crippen LogP contribution in [0, 0.1) is 18.8 Å². The number of ether oxygens (including phenoxy) is 1. The van der Waals surface area contributed by atoms with Gasteiger partial charge in [-0.1, -0.05) is 18.8 Å². The van der Waals surface area contributed by atoms with Crippen molar-refractivity contribution in [3.8, 4) is 11.8 Å². The summed E-state index contributed by atoms with van der Waals surface area (Å²) in [7, 11) is 0. The topological polar surface area (TPSA) is 58.6 Å². The SMILES string of the molecule is CCCOCCC(=O)Nc1cc(C)cc(C#CCCO)c1. The predicted molar refractivity (Wildman–Crippen MR) is 84.1 cm³/mol. The van der Waals surface area contributed by atoms with Crippen molar-refractivity contribution in [1.82, 2.24) is 0 Å². The predicted octanol–water partition coefficient (Wildman–Crippen LogP) is 2.48. The molecule has 1 aromatic carbocycles. The molecule has 0 saturated carbocycles. The Kier molecular flexibility index (Phi) is 8.18. The number of carbonyl (C=O) groups excluding carboxylic acids is 1. The first kappa shape index (κ1) is 17.2. The first-order valence-corrected chi connectivity index (χ1v) is 7.24. The summed E-state index contributed by atoms with van der Waals surface area (Å²) >= 11 is 0. The van der Waals surface area contributed by atoms with Crippen LogP contribution in [0.15, 0.2) is 18.2 Å². The summed E-state index contributed by atoms with van der Waals surface area (Å²) in [6, 6.07) is 5.69. The Morgan fingerprint density at radius 3 is 2.86 bits per heavy atom. The van der Waals surface area contributed by atoms with E-state index < -0.39 is 0 Å². The van der Waals surface area contributed by atoms with E-state index in [9.17, 15) is 4.79 Å². The molecular weight excluding hydrogens is 266 g/mol. The number of hydrogen-bond donors (Lipinski definition) is 2. The number of anilines is 1. The van der Waals surface area contributed by atoms with Gasteiger partial charge in [0, 0.05) is 24.3 Å². The highest BCUT2D eigenvalue weighted by molar-refractivity contribution is 5.91. The molecule has 0 aromatic heterocycles. The number of aliphatic hydroxyl groups excluding tert-OH is 1. The maximum atomic E-state index is 11.8. The van der Waals surface area contributed by atoms with Crippen molar-refractivity contribution in [2.24, 2.45) is 0 Å². The molecule has 0 saturated heterocycles. The molecule has 0 spiro atoms. The molecule has 1 aromatic rings. The van der Waals surface area contributed by atoms with Gasteiger partial charge in [0.1, 0.15) is 0 Å². The monoisotopic (exact) mass is 289 g/mol. The third-order valence-corrected chi connectivity index (χ3v) is 2.65. The van der Waals surface area contributed by atoms with E-state index in [2.05, 4.69) is 17.2 Å². The Labute approximate surface area is 126 Å². The number of carbonyl (C=O) groups is 1. The van der Waals surface area contributed by atoms with Gasteiger partial charge in [-0.2, -0.15) is 0 Å². The maximum Gasteiger partial charge on any atom is 0.226 e. The molecule has 114 valence electrons. The number of hydrogen-bond acceptors (Lipinski definition) is 3. The van der Waals surface area contributed by atoms with Crippen LogP contribution in [0.3, 0.4) is 0 Å². The first-order chi connectivity index (χ1) is 10.2. The van der Waals surface area contributed by atoms with E-state index in [-0.39, 0.29) is 12.5 Å². The first-order valence-electron chi connectivity index (χ1n) is 7.24. The average molecular weight is 289 g/mol. The van der Waals surface area contributed by atoms with Crippen LogP contribution in [0.25, 0.3) is 0 Å². The zero-order valence-electron chi connectivity index (χ0n) is 12.7. The second-order valence-corrected chi connectivity index (χ2v) is 4.77. The van der Waals surface area contributed by atoms with E-state index >= 15 is 0 Å². The van der Waals surface area contributed by atoms with Gasteiger partial charge in [0.2, 0.25) is 5.91 Å². The third-order valence-electron chi connectivity index (χ3n) is 2.65. The minimum Gasteiger partial charge on any atom is -0.395 e. The Morgan fingerprint density at radius 1 is 1.33 bits per heavy atom. The molecular formula is C17H23NO3. The number of benzene rings is 1. The van der Waals surface area contributed by atoms with Crippen LogP contribution in [-0.4, -0.2) is 30.8 Å². The zero-order valence-corrected chi connectivity index (χ0v) is 12.7. The van der Waals surface area contributed by atoms with Gasteiger partial charge in [0.25, 0.3) is 0 Å². The van der Waals surface area contributed by atoms with Gasteiger partial charge < -0.3 is 15.2 Å². The summed E-state index contributed by atoms with van der Waals surface area (Å²) in [5.74, 6) is 5.78. The Hall–Kier alpha value is -1.83. The molecule has 0 atom stereocenters. The van der Waals surface area contributed by atoms with Crippen LogP contribution in [0.1, 0.15) is 37.3 Å². The molecule has 0 unspecified atom stereocenters. The average Bonchev–Trinajstić information content (AvgIpc) is 2.43. The standard InChI is InChI=1S/C17H23NO3/c1-3-9-21-10-7-17(20)18-16-12-14(2)11-15(13-16)6-4-5-8-19/h11-13,19H,3,5,7-10H2,1-2H3,(H,18,20). The van der Waals surface area contributed by atoms with Crippen molar-refractivity contribution in [3.63, 3.8) is 0 Å². The van der Waals surface area contributed by atoms with Crippen molar-refractivity contribution in [1.29, 1.82) is 0 Å². The Morgan fingerprint density at radius 2 is 2.14 bits per heavy atom.